The standard InChI is InChI=1S/C29H32N6O/c1-20-8-9-22(35-14-12-33(2)13-15-35)16-24(20)28(36)32-29(10-11-29)25-17-27(21-18-30-34(3)19-21)31-26-7-5-4-6-23(25)26/h4-9,16-19H,10-15H2,1-3H3,(H,32,36). The molecule has 1 N–H and O–H groups in total. The third kappa shape index (κ3) is 4.13. The maximum Gasteiger partial charge on any atom is 0.252 e. The second-order valence-corrected chi connectivity index (χ2v) is 10.3. The van der Waals surface area contributed by atoms with Gasteiger partial charge in [-0.05, 0) is 62.2 Å². The Morgan fingerprint density at radius 3 is 2.50 bits per heavy atom. The van der Waals surface area contributed by atoms with Gasteiger partial charge in [0.1, 0.15) is 0 Å². The van der Waals surface area contributed by atoms with Crippen LogP contribution < -0.4 is 10.2 Å². The summed E-state index contributed by atoms with van der Waals surface area (Å²) in [5.41, 5.74) is 6.41. The predicted octanol–water partition coefficient (Wildman–Crippen LogP) is 4.11. The van der Waals surface area contributed by atoms with Crippen molar-refractivity contribution in [2.75, 3.05) is 38.1 Å². The summed E-state index contributed by atoms with van der Waals surface area (Å²) in [5.74, 6) is -0.00945. The molecule has 1 saturated heterocycles. The molecule has 0 radical (unpaired) electrons. The van der Waals surface area contributed by atoms with Crippen LogP contribution in [-0.2, 0) is 12.6 Å². The normalized spacial score (nSPS) is 17.4. The van der Waals surface area contributed by atoms with Gasteiger partial charge in [-0.15, -0.1) is 0 Å². The summed E-state index contributed by atoms with van der Waals surface area (Å²) in [6.07, 6.45) is 5.64. The maximum atomic E-state index is 13.7. The molecule has 1 aliphatic carbocycles. The van der Waals surface area contributed by atoms with Crippen LogP contribution in [0.25, 0.3) is 22.2 Å². The molecule has 0 unspecified atom stereocenters. The van der Waals surface area contributed by atoms with Crippen LogP contribution in [0.5, 0.6) is 0 Å². The van der Waals surface area contributed by atoms with E-state index < -0.39 is 0 Å². The molecule has 4 aromatic rings. The first-order valence-electron chi connectivity index (χ1n) is 12.7. The van der Waals surface area contributed by atoms with Crippen LogP contribution in [-0.4, -0.2) is 58.8 Å². The van der Waals surface area contributed by atoms with Gasteiger partial charge in [0, 0.05) is 61.6 Å². The van der Waals surface area contributed by atoms with Gasteiger partial charge in [-0.1, -0.05) is 24.3 Å². The van der Waals surface area contributed by atoms with Gasteiger partial charge >= 0.3 is 0 Å². The van der Waals surface area contributed by atoms with Crippen LogP contribution in [0.4, 0.5) is 5.69 Å². The first-order chi connectivity index (χ1) is 17.4. The number of benzene rings is 2. The fraction of sp³-hybridized carbons (Fsp3) is 0.345. The zero-order valence-corrected chi connectivity index (χ0v) is 21.2. The summed E-state index contributed by atoms with van der Waals surface area (Å²) < 4.78 is 1.79. The molecule has 0 bridgehead atoms. The van der Waals surface area contributed by atoms with E-state index in [1.807, 2.05) is 44.6 Å². The Bertz CT molecular complexity index is 1450. The Labute approximate surface area is 211 Å². The SMILES string of the molecule is Cc1ccc(N2CCN(C)CC2)cc1C(=O)NC1(c2cc(-c3cnn(C)c3)nc3ccccc23)CC1. The van der Waals surface area contributed by atoms with E-state index >= 15 is 0 Å². The molecular weight excluding hydrogens is 448 g/mol. The lowest BCUT2D eigenvalue weighted by Gasteiger charge is -2.34. The van der Waals surface area contributed by atoms with Crippen LogP contribution in [0.15, 0.2) is 60.9 Å². The van der Waals surface area contributed by atoms with Gasteiger partial charge in [0.05, 0.1) is 22.9 Å². The Hall–Kier alpha value is -3.71. The molecular formula is C29H32N6O. The predicted molar refractivity (Wildman–Crippen MR) is 143 cm³/mol. The van der Waals surface area contributed by atoms with Gasteiger partial charge in [-0.25, -0.2) is 4.98 Å². The minimum Gasteiger partial charge on any atom is -0.369 e. The number of para-hydroxylation sites is 1. The molecule has 36 heavy (non-hydrogen) atoms. The van der Waals surface area contributed by atoms with Gasteiger partial charge in [-0.2, -0.15) is 5.10 Å². The minimum absolute atomic E-state index is 0.00945. The number of nitrogens with one attached hydrogen (secondary N) is 1. The summed E-state index contributed by atoms with van der Waals surface area (Å²) in [5, 5.41) is 8.86. The molecule has 2 aromatic carbocycles. The van der Waals surface area contributed by atoms with Gasteiger partial charge in [0.25, 0.3) is 5.91 Å². The molecule has 184 valence electrons. The van der Waals surface area contributed by atoms with Gasteiger partial charge in [-0.3, -0.25) is 9.48 Å². The van der Waals surface area contributed by atoms with E-state index in [1.165, 1.54) is 0 Å². The topological polar surface area (TPSA) is 66.3 Å². The lowest BCUT2D eigenvalue weighted by atomic mass is 9.96. The van der Waals surface area contributed by atoms with Crippen molar-refractivity contribution >= 4 is 22.5 Å². The number of piperazine rings is 1. The summed E-state index contributed by atoms with van der Waals surface area (Å²) in [7, 11) is 4.07. The summed E-state index contributed by atoms with van der Waals surface area (Å²) in [6, 6.07) is 16.6. The van der Waals surface area contributed by atoms with Crippen LogP contribution in [0, 0.1) is 6.92 Å². The van der Waals surface area contributed by atoms with Gasteiger partial charge in [0.2, 0.25) is 0 Å². The molecule has 1 aliphatic heterocycles. The maximum absolute atomic E-state index is 13.7. The average molecular weight is 481 g/mol. The summed E-state index contributed by atoms with van der Waals surface area (Å²) >= 11 is 0. The molecule has 0 atom stereocenters. The fourth-order valence-electron chi connectivity index (χ4n) is 5.26. The summed E-state index contributed by atoms with van der Waals surface area (Å²) in [6.45, 7) is 6.04. The van der Waals surface area contributed by atoms with Crippen LogP contribution in [0.1, 0.15) is 34.3 Å². The summed E-state index contributed by atoms with van der Waals surface area (Å²) in [4.78, 5) is 23.3. The number of carbonyl (C=O) groups is 1. The quantitative estimate of drug-likeness (QED) is 0.466. The third-order valence-corrected chi connectivity index (χ3v) is 7.67. The molecule has 7 heteroatoms. The van der Waals surface area contributed by atoms with Crippen molar-refractivity contribution in [2.24, 2.45) is 7.05 Å². The van der Waals surface area contributed by atoms with Crippen molar-refractivity contribution in [2.45, 2.75) is 25.3 Å². The van der Waals surface area contributed by atoms with Gasteiger partial charge < -0.3 is 15.1 Å². The number of likely N-dealkylation sites (N-methyl/N-ethyl adjacent to an activating group) is 1. The number of hydrogen-bond donors (Lipinski definition) is 1. The molecule has 2 aromatic heterocycles. The van der Waals surface area contributed by atoms with E-state index in [0.29, 0.717) is 0 Å². The number of aromatic nitrogens is 3. The zero-order valence-electron chi connectivity index (χ0n) is 21.2. The number of anilines is 1. The number of nitrogens with zero attached hydrogens (tertiary/aromatic N) is 5. The highest BCUT2D eigenvalue weighted by Gasteiger charge is 2.47. The van der Waals surface area contributed by atoms with Crippen molar-refractivity contribution in [3.8, 4) is 11.3 Å². The molecule has 1 amide bonds. The lowest BCUT2D eigenvalue weighted by molar-refractivity contribution is 0.0930. The molecule has 2 aliphatic rings. The second kappa shape index (κ2) is 8.75. The lowest BCUT2D eigenvalue weighted by Crippen LogP contribution is -2.44. The van der Waals surface area contributed by atoms with E-state index in [4.69, 9.17) is 4.98 Å². The third-order valence-electron chi connectivity index (χ3n) is 7.67. The Morgan fingerprint density at radius 1 is 1.00 bits per heavy atom. The van der Waals surface area contributed by atoms with Crippen LogP contribution in [0.2, 0.25) is 0 Å². The second-order valence-electron chi connectivity index (χ2n) is 10.3. The smallest absolute Gasteiger partial charge is 0.252 e. The number of fused-ring (bicyclic) bond motifs is 1. The highest BCUT2D eigenvalue weighted by Crippen LogP contribution is 2.49. The van der Waals surface area contributed by atoms with E-state index in [-0.39, 0.29) is 11.4 Å². The van der Waals surface area contributed by atoms with Crippen LogP contribution >= 0.6 is 0 Å². The number of hydrogen-bond acceptors (Lipinski definition) is 5. The van der Waals surface area contributed by atoms with Gasteiger partial charge in [0.15, 0.2) is 0 Å². The van der Waals surface area contributed by atoms with Crippen molar-refractivity contribution < 1.29 is 4.79 Å². The zero-order chi connectivity index (χ0) is 24.9. The molecule has 1 saturated carbocycles. The van der Waals surface area contributed by atoms with Crippen LogP contribution in [0.3, 0.4) is 0 Å². The Morgan fingerprint density at radius 2 is 1.78 bits per heavy atom. The largest absolute Gasteiger partial charge is 0.369 e. The Balaban J connectivity index is 1.34. The fourth-order valence-corrected chi connectivity index (χ4v) is 5.26. The van der Waals surface area contributed by atoms with Crippen molar-refractivity contribution in [3.63, 3.8) is 0 Å². The van der Waals surface area contributed by atoms with E-state index in [0.717, 1.165) is 83.6 Å². The first kappa shape index (κ1) is 22.7. The monoisotopic (exact) mass is 480 g/mol. The van der Waals surface area contributed by atoms with E-state index in [1.54, 1.807) is 4.68 Å². The average Bonchev–Trinajstić information content (AvgIpc) is 3.53. The highest BCUT2D eigenvalue weighted by atomic mass is 16.1. The van der Waals surface area contributed by atoms with E-state index in [9.17, 15) is 4.79 Å². The molecule has 0 spiro atoms. The van der Waals surface area contributed by atoms with Crippen molar-refractivity contribution in [1.29, 1.82) is 0 Å². The number of pyridine rings is 1. The number of rotatable bonds is 5. The minimum atomic E-state index is -0.382. The van der Waals surface area contributed by atoms with E-state index in [2.05, 4.69) is 57.6 Å². The van der Waals surface area contributed by atoms with Crippen molar-refractivity contribution in [1.82, 2.24) is 25.0 Å². The number of aryl methyl sites for hydroxylation is 2. The highest BCUT2D eigenvalue weighted by molar-refractivity contribution is 5.98. The molecule has 6 rings (SSSR count). The molecule has 3 heterocycles. The number of carbonyl (C=O) groups excluding carboxylic acids is 1. The Kier molecular flexibility index (Phi) is 5.52. The van der Waals surface area contributed by atoms with Crippen molar-refractivity contribution in [3.05, 3.63) is 77.6 Å². The number of amides is 1. The molecule has 7 nitrogen and oxygen atoms in total. The first-order valence-corrected chi connectivity index (χ1v) is 12.7. The molecule has 2 fully saturated rings.